The van der Waals surface area contributed by atoms with E-state index in [0.717, 1.165) is 6.07 Å². The summed E-state index contributed by atoms with van der Waals surface area (Å²) in [4.78, 5) is 26.4. The highest BCUT2D eigenvalue weighted by atomic mass is 19.1. The van der Waals surface area contributed by atoms with Crippen molar-refractivity contribution in [3.8, 4) is 11.3 Å². The molecule has 0 saturated carbocycles. The smallest absolute Gasteiger partial charge is 0.340 e. The maximum Gasteiger partial charge on any atom is 0.340 e. The van der Waals surface area contributed by atoms with E-state index >= 15 is 0 Å². The summed E-state index contributed by atoms with van der Waals surface area (Å²) in [6.07, 6.45) is 2.17. The van der Waals surface area contributed by atoms with Gasteiger partial charge >= 0.3 is 5.97 Å². The van der Waals surface area contributed by atoms with Crippen LogP contribution in [0.3, 0.4) is 0 Å². The van der Waals surface area contributed by atoms with Gasteiger partial charge in [0.1, 0.15) is 5.82 Å². The molecule has 4 nitrogen and oxygen atoms in total. The van der Waals surface area contributed by atoms with Gasteiger partial charge in [0.15, 0.2) is 6.29 Å². The fourth-order valence-corrected chi connectivity index (χ4v) is 1.69. The molecule has 96 valence electrons. The molecule has 0 radical (unpaired) electrons. The number of ether oxygens (including phenoxy) is 1. The lowest BCUT2D eigenvalue weighted by Crippen LogP contribution is -2.05. The van der Waals surface area contributed by atoms with Gasteiger partial charge in [0.05, 0.1) is 18.4 Å². The quantitative estimate of drug-likeness (QED) is 0.627. The first-order valence-electron chi connectivity index (χ1n) is 5.46. The van der Waals surface area contributed by atoms with Crippen molar-refractivity contribution in [2.75, 3.05) is 7.11 Å². The summed E-state index contributed by atoms with van der Waals surface area (Å²) in [5.74, 6) is -1.46. The molecule has 0 aliphatic carbocycles. The first kappa shape index (κ1) is 12.9. The van der Waals surface area contributed by atoms with Crippen LogP contribution in [0.2, 0.25) is 0 Å². The van der Waals surface area contributed by atoms with Gasteiger partial charge in [-0.1, -0.05) is 0 Å². The van der Waals surface area contributed by atoms with E-state index in [2.05, 4.69) is 9.72 Å². The Hall–Kier alpha value is -2.56. The summed E-state index contributed by atoms with van der Waals surface area (Å²) in [6.45, 7) is 0. The molecule has 0 saturated heterocycles. The predicted molar refractivity (Wildman–Crippen MR) is 66.4 cm³/mol. The fraction of sp³-hybridized carbons (Fsp3) is 0.0714. The molecule has 1 aromatic carbocycles. The molecule has 2 aromatic rings. The molecular formula is C14H10FNO3. The number of carbonyl (C=O) groups excluding carboxylic acids is 2. The highest BCUT2D eigenvalue weighted by molar-refractivity contribution is 5.92. The predicted octanol–water partition coefficient (Wildman–Crippen LogP) is 2.49. The van der Waals surface area contributed by atoms with E-state index in [9.17, 15) is 14.0 Å². The maximum atomic E-state index is 13.5. The lowest BCUT2D eigenvalue weighted by molar-refractivity contribution is 0.0595. The van der Waals surface area contributed by atoms with E-state index in [-0.39, 0.29) is 5.56 Å². The van der Waals surface area contributed by atoms with Gasteiger partial charge in [-0.05, 0) is 30.3 Å². The molecule has 1 aromatic heterocycles. The average molecular weight is 259 g/mol. The van der Waals surface area contributed by atoms with Crippen LogP contribution in [0.1, 0.15) is 20.7 Å². The van der Waals surface area contributed by atoms with Crippen molar-refractivity contribution in [2.45, 2.75) is 0 Å². The third-order valence-electron chi connectivity index (χ3n) is 2.61. The molecule has 19 heavy (non-hydrogen) atoms. The van der Waals surface area contributed by atoms with E-state index in [4.69, 9.17) is 0 Å². The third-order valence-corrected chi connectivity index (χ3v) is 2.61. The van der Waals surface area contributed by atoms with Crippen LogP contribution in [0.4, 0.5) is 4.39 Å². The topological polar surface area (TPSA) is 56.3 Å². The number of hydrogen-bond donors (Lipinski definition) is 0. The molecule has 0 bridgehead atoms. The summed E-state index contributed by atoms with van der Waals surface area (Å²) in [5, 5.41) is 0. The number of esters is 1. The lowest BCUT2D eigenvalue weighted by Gasteiger charge is -2.06. The normalized spacial score (nSPS) is 10.0. The Kier molecular flexibility index (Phi) is 3.66. The second-order valence-electron chi connectivity index (χ2n) is 3.75. The summed E-state index contributed by atoms with van der Waals surface area (Å²) >= 11 is 0. The first-order chi connectivity index (χ1) is 9.17. The molecule has 0 N–H and O–H groups in total. The minimum absolute atomic E-state index is 0.192. The molecular weight excluding hydrogens is 249 g/mol. The van der Waals surface area contributed by atoms with Gasteiger partial charge in [0, 0.05) is 17.3 Å². The number of aldehydes is 1. The Balaban J connectivity index is 2.57. The Labute approximate surface area is 108 Å². The summed E-state index contributed by atoms with van der Waals surface area (Å²) in [6, 6.07) is 7.13. The lowest BCUT2D eigenvalue weighted by atomic mass is 10.0. The van der Waals surface area contributed by atoms with Crippen LogP contribution in [0.25, 0.3) is 11.3 Å². The molecule has 2 rings (SSSR count). The van der Waals surface area contributed by atoms with Crippen molar-refractivity contribution in [3.05, 3.63) is 53.5 Å². The van der Waals surface area contributed by atoms with Gasteiger partial charge in [0.25, 0.3) is 0 Å². The first-order valence-corrected chi connectivity index (χ1v) is 5.46. The van der Waals surface area contributed by atoms with Gasteiger partial charge in [-0.2, -0.15) is 0 Å². The number of nitrogens with zero attached hydrogens (tertiary/aromatic N) is 1. The number of aromatic nitrogens is 1. The van der Waals surface area contributed by atoms with Crippen molar-refractivity contribution in [1.82, 2.24) is 4.98 Å². The number of benzene rings is 1. The van der Waals surface area contributed by atoms with Crippen LogP contribution in [-0.4, -0.2) is 24.3 Å². The van der Waals surface area contributed by atoms with Crippen LogP contribution >= 0.6 is 0 Å². The van der Waals surface area contributed by atoms with Crippen molar-refractivity contribution in [2.24, 2.45) is 0 Å². The number of halogens is 1. The van der Waals surface area contributed by atoms with Crippen LogP contribution in [0.5, 0.6) is 0 Å². The van der Waals surface area contributed by atoms with Crippen molar-refractivity contribution < 1.29 is 18.7 Å². The molecule has 0 amide bonds. The second-order valence-corrected chi connectivity index (χ2v) is 3.75. The molecule has 0 atom stereocenters. The number of carbonyl (C=O) groups is 2. The van der Waals surface area contributed by atoms with E-state index in [1.165, 1.54) is 25.4 Å². The molecule has 1 heterocycles. The van der Waals surface area contributed by atoms with Gasteiger partial charge in [0.2, 0.25) is 0 Å². The van der Waals surface area contributed by atoms with Gasteiger partial charge < -0.3 is 4.74 Å². The number of rotatable bonds is 3. The fourth-order valence-electron chi connectivity index (χ4n) is 1.69. The van der Waals surface area contributed by atoms with Gasteiger partial charge in [-0.25, -0.2) is 9.18 Å². The molecule has 0 fully saturated rings. The molecule has 0 aliphatic rings. The van der Waals surface area contributed by atoms with Crippen LogP contribution in [-0.2, 0) is 4.74 Å². The average Bonchev–Trinajstić information content (AvgIpc) is 2.47. The van der Waals surface area contributed by atoms with Crippen LogP contribution < -0.4 is 0 Å². The minimum atomic E-state index is -0.775. The monoisotopic (exact) mass is 259 g/mol. The summed E-state index contributed by atoms with van der Waals surface area (Å²) in [7, 11) is 1.17. The summed E-state index contributed by atoms with van der Waals surface area (Å²) in [5.41, 5.74) is 1.04. The number of pyridine rings is 1. The molecule has 0 spiro atoms. The standard InChI is InChI=1S/C14H10FNO3/c1-19-14(18)11-7-9(4-5-12(11)15)13-10(8-17)3-2-6-16-13/h2-8H,1H3. The molecule has 0 aliphatic heterocycles. The Morgan fingerprint density at radius 2 is 2.16 bits per heavy atom. The Morgan fingerprint density at radius 1 is 1.37 bits per heavy atom. The zero-order chi connectivity index (χ0) is 13.8. The number of methoxy groups -OCH3 is 1. The Bertz CT molecular complexity index is 640. The van der Waals surface area contributed by atoms with E-state index in [1.807, 2.05) is 0 Å². The van der Waals surface area contributed by atoms with Crippen molar-refractivity contribution >= 4 is 12.3 Å². The Morgan fingerprint density at radius 3 is 2.84 bits per heavy atom. The van der Waals surface area contributed by atoms with E-state index in [0.29, 0.717) is 23.1 Å². The summed E-state index contributed by atoms with van der Waals surface area (Å²) < 4.78 is 18.0. The minimum Gasteiger partial charge on any atom is -0.465 e. The van der Waals surface area contributed by atoms with Crippen molar-refractivity contribution in [1.29, 1.82) is 0 Å². The van der Waals surface area contributed by atoms with Gasteiger partial charge in [-0.15, -0.1) is 0 Å². The number of hydrogen-bond acceptors (Lipinski definition) is 4. The van der Waals surface area contributed by atoms with Crippen molar-refractivity contribution in [3.63, 3.8) is 0 Å². The van der Waals surface area contributed by atoms with E-state index in [1.54, 1.807) is 12.1 Å². The zero-order valence-electron chi connectivity index (χ0n) is 10.1. The van der Waals surface area contributed by atoms with E-state index < -0.39 is 11.8 Å². The van der Waals surface area contributed by atoms with Gasteiger partial charge in [-0.3, -0.25) is 9.78 Å². The highest BCUT2D eigenvalue weighted by Crippen LogP contribution is 2.23. The van der Waals surface area contributed by atoms with Crippen LogP contribution in [0, 0.1) is 5.82 Å². The third kappa shape index (κ3) is 2.49. The molecule has 5 heteroatoms. The maximum absolute atomic E-state index is 13.5. The SMILES string of the molecule is COC(=O)c1cc(-c2ncccc2C=O)ccc1F. The highest BCUT2D eigenvalue weighted by Gasteiger charge is 2.15. The second kappa shape index (κ2) is 5.39. The molecule has 0 unspecified atom stereocenters. The largest absolute Gasteiger partial charge is 0.465 e. The van der Waals surface area contributed by atoms with Crippen LogP contribution in [0.15, 0.2) is 36.5 Å². The zero-order valence-corrected chi connectivity index (χ0v) is 10.1.